The van der Waals surface area contributed by atoms with Crippen molar-refractivity contribution in [3.63, 3.8) is 0 Å². The molecule has 0 bridgehead atoms. The number of nitrogens with zero attached hydrogens (tertiary/aromatic N) is 4. The number of ketones is 1. The number of rotatable bonds is 5. The number of hydrogen-bond donors (Lipinski definition) is 0. The van der Waals surface area contributed by atoms with Crippen molar-refractivity contribution in [2.45, 2.75) is 38.1 Å². The smallest absolute Gasteiger partial charge is 0.253 e. The molecule has 1 unspecified atom stereocenters. The highest BCUT2D eigenvalue weighted by molar-refractivity contribution is 8.00. The van der Waals surface area contributed by atoms with E-state index >= 15 is 0 Å². The number of carbonyl (C=O) groups excluding carboxylic acids is 1. The van der Waals surface area contributed by atoms with Crippen LogP contribution in [-0.4, -0.2) is 25.4 Å². The van der Waals surface area contributed by atoms with Crippen molar-refractivity contribution in [3.05, 3.63) is 88.2 Å². The summed E-state index contributed by atoms with van der Waals surface area (Å²) in [7, 11) is 0. The Balaban J connectivity index is 1.74. The molecule has 1 atom stereocenters. The summed E-state index contributed by atoms with van der Waals surface area (Å²) in [5, 5.41) is 4.69. The number of Topliss-reactive ketones (excluding diaryl/α,β-unsaturated/α-hetero) is 1. The van der Waals surface area contributed by atoms with Crippen molar-refractivity contribution < 1.29 is 4.79 Å². The van der Waals surface area contributed by atoms with Crippen molar-refractivity contribution in [1.29, 1.82) is 0 Å². The lowest BCUT2D eigenvalue weighted by Gasteiger charge is -2.15. The summed E-state index contributed by atoms with van der Waals surface area (Å²) < 4.78 is 1.72. The van der Waals surface area contributed by atoms with E-state index in [-0.39, 0.29) is 5.78 Å². The summed E-state index contributed by atoms with van der Waals surface area (Å²) in [5.74, 6) is 0.592. The van der Waals surface area contributed by atoms with Crippen molar-refractivity contribution >= 4 is 23.3 Å². The number of aryl methyl sites for hydroxylation is 4. The van der Waals surface area contributed by atoms with Gasteiger partial charge in [-0.15, -0.1) is 5.10 Å². The van der Waals surface area contributed by atoms with Gasteiger partial charge in [0.1, 0.15) is 5.25 Å². The molecule has 4 aromatic rings. The second-order valence-corrected chi connectivity index (χ2v) is 8.36. The van der Waals surface area contributed by atoms with Crippen molar-refractivity contribution in [2.24, 2.45) is 0 Å². The average molecular weight is 403 g/mol. The van der Waals surface area contributed by atoms with Gasteiger partial charge in [-0.05, 0) is 39.3 Å². The van der Waals surface area contributed by atoms with Crippen molar-refractivity contribution in [1.82, 2.24) is 19.6 Å². The third kappa shape index (κ3) is 4.07. The number of fused-ring (bicyclic) bond motifs is 1. The van der Waals surface area contributed by atoms with Gasteiger partial charge in [-0.3, -0.25) is 4.79 Å². The van der Waals surface area contributed by atoms with Gasteiger partial charge in [0.15, 0.2) is 5.78 Å². The van der Waals surface area contributed by atoms with Crippen LogP contribution in [0.4, 0.5) is 0 Å². The molecule has 5 nitrogen and oxygen atoms in total. The number of carbonyl (C=O) groups is 1. The van der Waals surface area contributed by atoms with Crippen molar-refractivity contribution in [2.75, 3.05) is 0 Å². The molecule has 2 aromatic carbocycles. The highest BCUT2D eigenvalue weighted by Gasteiger charge is 2.25. The highest BCUT2D eigenvalue weighted by Crippen LogP contribution is 2.36. The molecular formula is C23H22N4OS. The molecule has 0 aliphatic carbocycles. The quantitative estimate of drug-likeness (QED) is 0.344. The van der Waals surface area contributed by atoms with E-state index in [0.717, 1.165) is 28.1 Å². The summed E-state index contributed by atoms with van der Waals surface area (Å²) in [6, 6.07) is 17.7. The minimum atomic E-state index is -0.433. The van der Waals surface area contributed by atoms with E-state index in [2.05, 4.69) is 15.1 Å². The van der Waals surface area contributed by atoms with E-state index < -0.39 is 5.25 Å². The SMILES string of the molecule is Cc1ccc(C(=O)C(Sc2nc3nc(C)cc(C)n3n2)c2ccc(C)cc2)cc1. The van der Waals surface area contributed by atoms with Gasteiger partial charge in [-0.25, -0.2) is 9.50 Å². The monoisotopic (exact) mass is 402 g/mol. The van der Waals surface area contributed by atoms with E-state index in [1.54, 1.807) is 4.52 Å². The van der Waals surface area contributed by atoms with Gasteiger partial charge < -0.3 is 0 Å². The summed E-state index contributed by atoms with van der Waals surface area (Å²) in [6.45, 7) is 7.96. The summed E-state index contributed by atoms with van der Waals surface area (Å²) in [6.07, 6.45) is 0. The molecule has 2 aromatic heterocycles. The van der Waals surface area contributed by atoms with Gasteiger partial charge in [0.05, 0.1) is 0 Å². The Labute approximate surface area is 174 Å². The molecule has 0 aliphatic rings. The maximum absolute atomic E-state index is 13.4. The summed E-state index contributed by atoms with van der Waals surface area (Å²) in [4.78, 5) is 22.4. The first-order valence-electron chi connectivity index (χ1n) is 9.46. The standard InChI is InChI=1S/C23H22N4OS/c1-14-5-9-18(10-6-14)20(28)21(19-11-7-15(2)8-12-19)29-23-25-22-24-16(3)13-17(4)27(22)26-23/h5-13,21H,1-4H3. The normalized spacial score (nSPS) is 12.3. The van der Waals surface area contributed by atoms with Crippen LogP contribution in [0.5, 0.6) is 0 Å². The topological polar surface area (TPSA) is 60.2 Å². The highest BCUT2D eigenvalue weighted by atomic mass is 32.2. The molecule has 0 radical (unpaired) electrons. The molecule has 0 aliphatic heterocycles. The van der Waals surface area contributed by atoms with Crippen LogP contribution < -0.4 is 0 Å². The molecule has 0 saturated heterocycles. The Bertz CT molecular complexity index is 1180. The van der Waals surface area contributed by atoms with Crippen LogP contribution in [0.25, 0.3) is 5.78 Å². The second kappa shape index (κ2) is 7.79. The third-order valence-corrected chi connectivity index (χ3v) is 5.88. The average Bonchev–Trinajstić information content (AvgIpc) is 3.10. The van der Waals surface area contributed by atoms with E-state index in [9.17, 15) is 4.79 Å². The summed E-state index contributed by atoms with van der Waals surface area (Å²) in [5.41, 5.74) is 5.75. The van der Waals surface area contributed by atoms with Gasteiger partial charge in [0, 0.05) is 17.0 Å². The van der Waals surface area contributed by atoms with Gasteiger partial charge in [0.2, 0.25) is 5.16 Å². The van der Waals surface area contributed by atoms with Gasteiger partial charge >= 0.3 is 0 Å². The Morgan fingerprint density at radius 2 is 1.52 bits per heavy atom. The van der Waals surface area contributed by atoms with Crippen LogP contribution in [-0.2, 0) is 0 Å². The van der Waals surface area contributed by atoms with Gasteiger partial charge in [0.25, 0.3) is 5.78 Å². The number of thioether (sulfide) groups is 1. The third-order valence-electron chi connectivity index (χ3n) is 4.78. The zero-order chi connectivity index (χ0) is 20.5. The fourth-order valence-electron chi connectivity index (χ4n) is 3.19. The molecule has 146 valence electrons. The number of aromatic nitrogens is 4. The first kappa shape index (κ1) is 19.3. The number of hydrogen-bond acceptors (Lipinski definition) is 5. The van der Waals surface area contributed by atoms with Gasteiger partial charge in [-0.1, -0.05) is 71.4 Å². The van der Waals surface area contributed by atoms with E-state index in [1.165, 1.54) is 11.8 Å². The molecule has 2 heterocycles. The first-order chi connectivity index (χ1) is 13.9. The van der Waals surface area contributed by atoms with E-state index in [0.29, 0.717) is 16.5 Å². The molecule has 0 spiro atoms. The molecule has 0 amide bonds. The Morgan fingerprint density at radius 3 is 2.17 bits per heavy atom. The lowest BCUT2D eigenvalue weighted by molar-refractivity contribution is 0.0989. The van der Waals surface area contributed by atoms with E-state index in [1.807, 2.05) is 82.3 Å². The largest absolute Gasteiger partial charge is 0.293 e. The maximum atomic E-state index is 13.4. The molecule has 0 saturated carbocycles. The van der Waals surface area contributed by atoms with Crippen molar-refractivity contribution in [3.8, 4) is 0 Å². The Hall–Kier alpha value is -2.99. The van der Waals surface area contributed by atoms with Crippen LogP contribution in [0.1, 0.15) is 43.7 Å². The first-order valence-corrected chi connectivity index (χ1v) is 10.3. The van der Waals surface area contributed by atoms with Crippen LogP contribution in [0.3, 0.4) is 0 Å². The van der Waals surface area contributed by atoms with Crippen LogP contribution in [0, 0.1) is 27.7 Å². The molecule has 4 rings (SSSR count). The van der Waals surface area contributed by atoms with Crippen LogP contribution >= 0.6 is 11.8 Å². The van der Waals surface area contributed by atoms with Crippen LogP contribution in [0.2, 0.25) is 0 Å². The van der Waals surface area contributed by atoms with Gasteiger partial charge in [-0.2, -0.15) is 4.98 Å². The zero-order valence-electron chi connectivity index (χ0n) is 16.9. The summed E-state index contributed by atoms with van der Waals surface area (Å²) >= 11 is 1.36. The molecule has 29 heavy (non-hydrogen) atoms. The second-order valence-electron chi connectivity index (χ2n) is 7.28. The Kier molecular flexibility index (Phi) is 5.20. The fourth-order valence-corrected chi connectivity index (χ4v) is 4.20. The molecular weight excluding hydrogens is 380 g/mol. The zero-order valence-corrected chi connectivity index (χ0v) is 17.7. The molecule has 6 heteroatoms. The minimum absolute atomic E-state index is 0.0403. The Morgan fingerprint density at radius 1 is 0.897 bits per heavy atom. The lowest BCUT2D eigenvalue weighted by Crippen LogP contribution is -2.10. The molecule has 0 N–H and O–H groups in total. The predicted molar refractivity (Wildman–Crippen MR) is 116 cm³/mol. The lowest BCUT2D eigenvalue weighted by atomic mass is 10.0. The van der Waals surface area contributed by atoms with Crippen LogP contribution in [0.15, 0.2) is 59.8 Å². The maximum Gasteiger partial charge on any atom is 0.253 e. The van der Waals surface area contributed by atoms with E-state index in [4.69, 9.17) is 0 Å². The number of benzene rings is 2. The fraction of sp³-hybridized carbons (Fsp3) is 0.217. The minimum Gasteiger partial charge on any atom is -0.293 e. The predicted octanol–water partition coefficient (Wildman–Crippen LogP) is 5.07. The molecule has 0 fully saturated rings.